The highest BCUT2D eigenvalue weighted by Crippen LogP contribution is 2.38. The number of primary amides is 1. The molecule has 3 rings (SSSR count). The van der Waals surface area contributed by atoms with E-state index in [1.807, 2.05) is 0 Å². The largest absolute Gasteiger partial charge is 0.392 e. The van der Waals surface area contributed by atoms with Crippen LogP contribution in [0, 0.1) is 0 Å². The Labute approximate surface area is 140 Å². The number of hydrogen-bond acceptors (Lipinski definition) is 6. The van der Waals surface area contributed by atoms with Crippen LogP contribution in [0.15, 0.2) is 18.5 Å². The highest BCUT2D eigenvalue weighted by molar-refractivity contribution is 6.09. The first-order valence-corrected chi connectivity index (χ1v) is 8.02. The Morgan fingerprint density at radius 1 is 1.42 bits per heavy atom. The maximum atomic E-state index is 12.2. The van der Waals surface area contributed by atoms with Gasteiger partial charge in [0, 0.05) is 43.2 Å². The molecule has 2 heterocycles. The summed E-state index contributed by atoms with van der Waals surface area (Å²) in [7, 11) is 3.42. The average molecular weight is 330 g/mol. The van der Waals surface area contributed by atoms with Gasteiger partial charge in [0.25, 0.3) is 5.91 Å². The summed E-state index contributed by atoms with van der Waals surface area (Å²) in [4.78, 5) is 20.9. The van der Waals surface area contributed by atoms with Gasteiger partial charge in [-0.1, -0.05) is 0 Å². The fraction of sp³-hybridized carbons (Fsp3) is 0.471. The van der Waals surface area contributed by atoms with Crippen LogP contribution < -0.4 is 11.1 Å². The van der Waals surface area contributed by atoms with E-state index in [4.69, 9.17) is 10.5 Å². The summed E-state index contributed by atoms with van der Waals surface area (Å²) < 4.78 is 5.45. The first-order valence-electron chi connectivity index (χ1n) is 8.02. The third-order valence-electron chi connectivity index (χ3n) is 4.77. The Balaban J connectivity index is 2.22. The molecule has 1 aliphatic carbocycles. The number of hydrogen-bond donors (Lipinski definition) is 3. The molecule has 0 saturated heterocycles. The van der Waals surface area contributed by atoms with E-state index in [2.05, 4.69) is 15.3 Å². The fourth-order valence-electron chi connectivity index (χ4n) is 3.52. The van der Waals surface area contributed by atoms with E-state index in [0.717, 1.165) is 11.8 Å². The molecule has 0 aliphatic heterocycles. The van der Waals surface area contributed by atoms with Crippen molar-refractivity contribution in [1.82, 2.24) is 9.97 Å². The van der Waals surface area contributed by atoms with Crippen molar-refractivity contribution in [1.29, 1.82) is 0 Å². The number of aliphatic hydroxyl groups excluding tert-OH is 1. The lowest BCUT2D eigenvalue weighted by atomic mass is 9.80. The Morgan fingerprint density at radius 3 is 2.88 bits per heavy atom. The van der Waals surface area contributed by atoms with Gasteiger partial charge in [-0.2, -0.15) is 0 Å². The smallest absolute Gasteiger partial charge is 0.251 e. The molecule has 7 nitrogen and oxygen atoms in total. The molecule has 2 aromatic rings. The standard InChI is InChI=1S/C17H22N4O3/c1-19-17-12-8-20-6-5-10(12)14(16(18)23)15(21-17)11-7-9(24-2)3-4-13(11)22/h5-6,8-9,11,13,22H,3-4,7H2,1-2H3,(H2,18,23)(H,19,21). The van der Waals surface area contributed by atoms with Gasteiger partial charge in [0.15, 0.2) is 0 Å². The molecular weight excluding hydrogens is 308 g/mol. The summed E-state index contributed by atoms with van der Waals surface area (Å²) in [5, 5.41) is 15.0. The number of amides is 1. The van der Waals surface area contributed by atoms with Crippen LogP contribution in [-0.2, 0) is 4.74 Å². The van der Waals surface area contributed by atoms with Gasteiger partial charge in [-0.05, 0) is 25.3 Å². The zero-order valence-corrected chi connectivity index (χ0v) is 13.8. The summed E-state index contributed by atoms with van der Waals surface area (Å²) >= 11 is 0. The third-order valence-corrected chi connectivity index (χ3v) is 4.77. The highest BCUT2D eigenvalue weighted by Gasteiger charge is 2.34. The number of ether oxygens (including phenoxy) is 1. The van der Waals surface area contributed by atoms with Crippen LogP contribution in [0.3, 0.4) is 0 Å². The molecule has 0 bridgehead atoms. The lowest BCUT2D eigenvalue weighted by Crippen LogP contribution is -2.33. The second-order valence-electron chi connectivity index (χ2n) is 6.10. The molecule has 0 aromatic carbocycles. The number of carbonyl (C=O) groups excluding carboxylic acids is 1. The summed E-state index contributed by atoms with van der Waals surface area (Å²) in [6.45, 7) is 0. The summed E-state index contributed by atoms with van der Waals surface area (Å²) in [6.07, 6.45) is 4.72. The lowest BCUT2D eigenvalue weighted by Gasteiger charge is -2.33. The topological polar surface area (TPSA) is 110 Å². The van der Waals surface area contributed by atoms with Gasteiger partial charge in [-0.15, -0.1) is 0 Å². The first kappa shape index (κ1) is 16.6. The van der Waals surface area contributed by atoms with Crippen molar-refractivity contribution in [3.8, 4) is 0 Å². The number of aliphatic hydroxyl groups is 1. The van der Waals surface area contributed by atoms with Crippen LogP contribution in [0.25, 0.3) is 10.8 Å². The van der Waals surface area contributed by atoms with Crippen LogP contribution >= 0.6 is 0 Å². The van der Waals surface area contributed by atoms with E-state index in [9.17, 15) is 9.90 Å². The molecule has 1 aliphatic rings. The van der Waals surface area contributed by atoms with Gasteiger partial charge in [0.05, 0.1) is 23.5 Å². The fourth-order valence-corrected chi connectivity index (χ4v) is 3.52. The van der Waals surface area contributed by atoms with Crippen molar-refractivity contribution in [3.05, 3.63) is 29.7 Å². The number of aromatic nitrogens is 2. The maximum Gasteiger partial charge on any atom is 0.251 e. The minimum Gasteiger partial charge on any atom is -0.392 e. The van der Waals surface area contributed by atoms with Gasteiger partial charge in [0.1, 0.15) is 5.82 Å². The number of nitrogens with two attached hydrogens (primary N) is 1. The van der Waals surface area contributed by atoms with Crippen molar-refractivity contribution >= 4 is 22.5 Å². The average Bonchev–Trinajstić information content (AvgIpc) is 2.60. The molecule has 128 valence electrons. The number of carbonyl (C=O) groups is 1. The van der Waals surface area contributed by atoms with Crippen molar-refractivity contribution in [2.45, 2.75) is 37.4 Å². The Bertz CT molecular complexity index is 765. The van der Waals surface area contributed by atoms with E-state index in [-0.39, 0.29) is 12.0 Å². The second-order valence-corrected chi connectivity index (χ2v) is 6.10. The molecule has 24 heavy (non-hydrogen) atoms. The number of methoxy groups -OCH3 is 1. The number of rotatable bonds is 4. The predicted octanol–water partition coefficient (Wildman–Crippen LogP) is 1.41. The van der Waals surface area contributed by atoms with Crippen molar-refractivity contribution in [2.24, 2.45) is 5.73 Å². The van der Waals surface area contributed by atoms with Gasteiger partial charge in [0.2, 0.25) is 0 Å². The van der Waals surface area contributed by atoms with Gasteiger partial charge >= 0.3 is 0 Å². The number of anilines is 1. The second kappa shape index (κ2) is 6.70. The van der Waals surface area contributed by atoms with Crippen molar-refractivity contribution in [2.75, 3.05) is 19.5 Å². The third kappa shape index (κ3) is 2.81. The van der Waals surface area contributed by atoms with E-state index in [1.54, 1.807) is 32.6 Å². The minimum atomic E-state index is -0.578. The minimum absolute atomic E-state index is 0.0344. The molecule has 3 atom stereocenters. The molecule has 3 unspecified atom stereocenters. The molecule has 2 aromatic heterocycles. The molecule has 1 amide bonds. The summed E-state index contributed by atoms with van der Waals surface area (Å²) in [6, 6.07) is 1.75. The normalized spacial score (nSPS) is 24.0. The summed E-state index contributed by atoms with van der Waals surface area (Å²) in [5.74, 6) is -0.233. The monoisotopic (exact) mass is 330 g/mol. The lowest BCUT2D eigenvalue weighted by molar-refractivity contribution is 0.00877. The Morgan fingerprint density at radius 2 is 2.21 bits per heavy atom. The molecule has 4 N–H and O–H groups in total. The molecule has 0 spiro atoms. The predicted molar refractivity (Wildman–Crippen MR) is 91.0 cm³/mol. The van der Waals surface area contributed by atoms with Crippen LogP contribution in [-0.4, -0.2) is 47.3 Å². The van der Waals surface area contributed by atoms with Crippen LogP contribution in [0.2, 0.25) is 0 Å². The van der Waals surface area contributed by atoms with Gasteiger partial charge in [-0.3, -0.25) is 9.78 Å². The molecule has 1 fully saturated rings. The van der Waals surface area contributed by atoms with Gasteiger partial charge in [-0.25, -0.2) is 4.98 Å². The van der Waals surface area contributed by atoms with Crippen molar-refractivity contribution in [3.63, 3.8) is 0 Å². The Kier molecular flexibility index (Phi) is 4.64. The zero-order valence-electron chi connectivity index (χ0n) is 13.8. The zero-order chi connectivity index (χ0) is 17.3. The van der Waals surface area contributed by atoms with E-state index < -0.39 is 12.0 Å². The quantitative estimate of drug-likeness (QED) is 0.782. The van der Waals surface area contributed by atoms with Crippen LogP contribution in [0.4, 0.5) is 5.82 Å². The van der Waals surface area contributed by atoms with Gasteiger partial charge < -0.3 is 20.9 Å². The van der Waals surface area contributed by atoms with E-state index in [0.29, 0.717) is 35.3 Å². The highest BCUT2D eigenvalue weighted by atomic mass is 16.5. The Hall–Kier alpha value is -2.25. The van der Waals surface area contributed by atoms with Crippen LogP contribution in [0.1, 0.15) is 41.2 Å². The first-order chi connectivity index (χ1) is 11.6. The van der Waals surface area contributed by atoms with E-state index in [1.165, 1.54) is 0 Å². The number of fused-ring (bicyclic) bond motifs is 1. The number of pyridine rings is 2. The molecular formula is C17H22N4O3. The summed E-state index contributed by atoms with van der Waals surface area (Å²) in [5.41, 5.74) is 6.54. The maximum absolute atomic E-state index is 12.2. The number of nitrogens with one attached hydrogen (secondary N) is 1. The molecule has 0 radical (unpaired) electrons. The van der Waals surface area contributed by atoms with Crippen LogP contribution in [0.5, 0.6) is 0 Å². The number of nitrogens with zero attached hydrogens (tertiary/aromatic N) is 2. The molecule has 1 saturated carbocycles. The van der Waals surface area contributed by atoms with Crippen molar-refractivity contribution < 1.29 is 14.6 Å². The SMILES string of the molecule is CNc1nc(C2CC(OC)CCC2O)c(C(N)=O)c2ccncc12. The van der Waals surface area contributed by atoms with E-state index >= 15 is 0 Å². The molecule has 7 heteroatoms.